The van der Waals surface area contributed by atoms with Gasteiger partial charge in [-0.25, -0.2) is 0 Å². The molecule has 1 amide bonds. The first-order chi connectivity index (χ1) is 8.65. The summed E-state index contributed by atoms with van der Waals surface area (Å²) in [7, 11) is 0. The minimum atomic E-state index is -0.0113. The molecule has 0 saturated carbocycles. The molecule has 2 rings (SSSR count). The second-order valence-corrected chi connectivity index (χ2v) is 4.97. The fourth-order valence-electron chi connectivity index (χ4n) is 2.30. The molecule has 0 radical (unpaired) electrons. The number of phenolic OH excluding ortho intramolecular Hbond substituents is 1. The molecule has 1 aliphatic heterocycles. The van der Waals surface area contributed by atoms with Gasteiger partial charge in [-0.15, -0.1) is 0 Å². The van der Waals surface area contributed by atoms with Crippen LogP contribution in [0.2, 0.25) is 0 Å². The van der Waals surface area contributed by atoms with E-state index in [0.717, 1.165) is 31.5 Å². The van der Waals surface area contributed by atoms with Crippen LogP contribution in [0.3, 0.4) is 0 Å². The maximum atomic E-state index is 11.9. The number of anilines is 1. The van der Waals surface area contributed by atoms with Crippen LogP contribution >= 0.6 is 0 Å². The molecule has 0 bridgehead atoms. The number of hydrogen-bond donors (Lipinski definition) is 3. The van der Waals surface area contributed by atoms with Crippen LogP contribution < -0.4 is 10.6 Å². The molecule has 98 valence electrons. The lowest BCUT2D eigenvalue weighted by Crippen LogP contribution is -2.30. The average molecular weight is 248 g/mol. The molecule has 18 heavy (non-hydrogen) atoms. The van der Waals surface area contributed by atoms with Gasteiger partial charge in [0, 0.05) is 6.42 Å². The third-order valence-electron chi connectivity index (χ3n) is 3.36. The number of amides is 1. The average Bonchev–Trinajstić information content (AvgIpc) is 2.35. The number of hydrogen-bond acceptors (Lipinski definition) is 3. The molecule has 1 aliphatic rings. The van der Waals surface area contributed by atoms with Crippen LogP contribution in [0.25, 0.3) is 0 Å². The van der Waals surface area contributed by atoms with Gasteiger partial charge in [0.1, 0.15) is 5.75 Å². The van der Waals surface area contributed by atoms with E-state index in [9.17, 15) is 9.90 Å². The summed E-state index contributed by atoms with van der Waals surface area (Å²) in [6, 6.07) is 5.21. The Kier molecular flexibility index (Phi) is 4.20. The molecule has 0 atom stereocenters. The second kappa shape index (κ2) is 5.87. The van der Waals surface area contributed by atoms with E-state index in [4.69, 9.17) is 0 Å². The van der Waals surface area contributed by atoms with Crippen molar-refractivity contribution in [2.75, 3.05) is 18.4 Å². The van der Waals surface area contributed by atoms with Gasteiger partial charge in [0.2, 0.25) is 5.91 Å². The van der Waals surface area contributed by atoms with E-state index in [-0.39, 0.29) is 11.7 Å². The maximum Gasteiger partial charge on any atom is 0.224 e. The van der Waals surface area contributed by atoms with Crippen molar-refractivity contribution < 1.29 is 9.90 Å². The van der Waals surface area contributed by atoms with Gasteiger partial charge in [-0.05, 0) is 56.5 Å². The van der Waals surface area contributed by atoms with E-state index in [1.807, 2.05) is 13.0 Å². The smallest absolute Gasteiger partial charge is 0.224 e. The number of nitrogens with one attached hydrogen (secondary N) is 2. The van der Waals surface area contributed by atoms with E-state index in [1.54, 1.807) is 12.1 Å². The topological polar surface area (TPSA) is 61.4 Å². The third kappa shape index (κ3) is 3.47. The van der Waals surface area contributed by atoms with Gasteiger partial charge in [-0.1, -0.05) is 6.07 Å². The van der Waals surface area contributed by atoms with Crippen molar-refractivity contribution in [2.24, 2.45) is 5.92 Å². The lowest BCUT2D eigenvalue weighted by atomic mass is 9.94. The predicted molar refractivity (Wildman–Crippen MR) is 71.7 cm³/mol. The molecule has 3 N–H and O–H groups in total. The highest BCUT2D eigenvalue weighted by molar-refractivity contribution is 5.92. The van der Waals surface area contributed by atoms with Crippen molar-refractivity contribution >= 4 is 11.6 Å². The standard InChI is InChI=1S/C14H20N2O2/c1-10-2-3-13(17)12(8-10)16-14(18)9-11-4-6-15-7-5-11/h2-3,8,11,15,17H,4-7,9H2,1H3,(H,16,18). The Morgan fingerprint density at radius 2 is 2.17 bits per heavy atom. The van der Waals surface area contributed by atoms with E-state index < -0.39 is 0 Å². The first-order valence-corrected chi connectivity index (χ1v) is 6.45. The van der Waals surface area contributed by atoms with Crippen LogP contribution in [-0.4, -0.2) is 24.1 Å². The molecule has 4 nitrogen and oxygen atoms in total. The third-order valence-corrected chi connectivity index (χ3v) is 3.36. The van der Waals surface area contributed by atoms with Crippen molar-refractivity contribution in [3.8, 4) is 5.75 Å². The Hall–Kier alpha value is -1.55. The Labute approximate surface area is 107 Å². The predicted octanol–water partition coefficient (Wildman–Crippen LogP) is 2.03. The number of phenols is 1. The number of benzene rings is 1. The van der Waals surface area contributed by atoms with Crippen molar-refractivity contribution in [1.82, 2.24) is 5.32 Å². The first-order valence-electron chi connectivity index (χ1n) is 6.45. The maximum absolute atomic E-state index is 11.9. The highest BCUT2D eigenvalue weighted by atomic mass is 16.3. The lowest BCUT2D eigenvalue weighted by molar-refractivity contribution is -0.117. The van der Waals surface area contributed by atoms with Gasteiger partial charge in [0.05, 0.1) is 5.69 Å². The molecule has 1 saturated heterocycles. The zero-order valence-corrected chi connectivity index (χ0v) is 10.7. The van der Waals surface area contributed by atoms with Crippen molar-refractivity contribution in [3.63, 3.8) is 0 Å². The van der Waals surface area contributed by atoms with Crippen LogP contribution in [0, 0.1) is 12.8 Å². The van der Waals surface area contributed by atoms with Crippen LogP contribution in [0.4, 0.5) is 5.69 Å². The van der Waals surface area contributed by atoms with Crippen LogP contribution in [0.15, 0.2) is 18.2 Å². The second-order valence-electron chi connectivity index (χ2n) is 4.97. The zero-order valence-electron chi connectivity index (χ0n) is 10.7. The molecule has 0 aromatic heterocycles. The van der Waals surface area contributed by atoms with E-state index >= 15 is 0 Å². The van der Waals surface area contributed by atoms with E-state index in [2.05, 4.69) is 10.6 Å². The normalized spacial score (nSPS) is 16.5. The summed E-state index contributed by atoms with van der Waals surface area (Å²) >= 11 is 0. The zero-order chi connectivity index (χ0) is 13.0. The largest absolute Gasteiger partial charge is 0.506 e. The Bertz CT molecular complexity index is 426. The summed E-state index contributed by atoms with van der Waals surface area (Å²) in [5, 5.41) is 15.7. The molecule has 0 aliphatic carbocycles. The molecule has 1 aromatic carbocycles. The minimum absolute atomic E-state index is 0.0113. The van der Waals surface area contributed by atoms with Crippen LogP contribution in [0.1, 0.15) is 24.8 Å². The fraction of sp³-hybridized carbons (Fsp3) is 0.500. The number of aromatic hydroxyl groups is 1. The molecule has 1 fully saturated rings. The molecule has 1 heterocycles. The summed E-state index contributed by atoms with van der Waals surface area (Å²) < 4.78 is 0. The van der Waals surface area contributed by atoms with Crippen molar-refractivity contribution in [3.05, 3.63) is 23.8 Å². The molecular weight excluding hydrogens is 228 g/mol. The van der Waals surface area contributed by atoms with Gasteiger partial charge in [0.25, 0.3) is 0 Å². The molecule has 1 aromatic rings. The molecular formula is C14H20N2O2. The van der Waals surface area contributed by atoms with Gasteiger partial charge in [-0.3, -0.25) is 4.79 Å². The molecule has 4 heteroatoms. The summed E-state index contributed by atoms with van der Waals surface area (Å²) in [5.41, 5.74) is 1.53. The summed E-state index contributed by atoms with van der Waals surface area (Å²) in [6.07, 6.45) is 2.63. The fourth-order valence-corrected chi connectivity index (χ4v) is 2.30. The Balaban J connectivity index is 1.92. The van der Waals surface area contributed by atoms with Gasteiger partial charge >= 0.3 is 0 Å². The highest BCUT2D eigenvalue weighted by Gasteiger charge is 2.17. The van der Waals surface area contributed by atoms with Gasteiger partial charge in [-0.2, -0.15) is 0 Å². The number of aryl methyl sites for hydroxylation is 1. The highest BCUT2D eigenvalue weighted by Crippen LogP contribution is 2.25. The first kappa shape index (κ1) is 12.9. The van der Waals surface area contributed by atoms with Gasteiger partial charge in [0.15, 0.2) is 0 Å². The number of rotatable bonds is 3. The summed E-state index contributed by atoms with van der Waals surface area (Å²) in [4.78, 5) is 11.9. The van der Waals surface area contributed by atoms with Crippen LogP contribution in [-0.2, 0) is 4.79 Å². The number of carbonyl (C=O) groups is 1. The van der Waals surface area contributed by atoms with Crippen molar-refractivity contribution in [2.45, 2.75) is 26.2 Å². The number of piperidine rings is 1. The quantitative estimate of drug-likeness (QED) is 0.717. The number of carbonyl (C=O) groups excluding carboxylic acids is 1. The monoisotopic (exact) mass is 248 g/mol. The summed E-state index contributed by atoms with van der Waals surface area (Å²) in [5.74, 6) is 0.570. The van der Waals surface area contributed by atoms with E-state index in [0.29, 0.717) is 18.0 Å². The molecule has 0 unspecified atom stereocenters. The summed E-state index contributed by atoms with van der Waals surface area (Å²) in [6.45, 7) is 3.92. The minimum Gasteiger partial charge on any atom is -0.506 e. The Morgan fingerprint density at radius 1 is 1.44 bits per heavy atom. The Morgan fingerprint density at radius 3 is 2.89 bits per heavy atom. The lowest BCUT2D eigenvalue weighted by Gasteiger charge is -2.22. The van der Waals surface area contributed by atoms with Gasteiger partial charge < -0.3 is 15.7 Å². The van der Waals surface area contributed by atoms with Crippen LogP contribution in [0.5, 0.6) is 5.75 Å². The van der Waals surface area contributed by atoms with E-state index in [1.165, 1.54) is 0 Å². The SMILES string of the molecule is Cc1ccc(O)c(NC(=O)CC2CCNCC2)c1. The molecule has 0 spiro atoms. The van der Waals surface area contributed by atoms with Crippen molar-refractivity contribution in [1.29, 1.82) is 0 Å².